The van der Waals surface area contributed by atoms with Gasteiger partial charge in [-0.3, -0.25) is 0 Å². The molecule has 0 amide bonds. The molecule has 0 aliphatic carbocycles. The fourth-order valence-corrected chi connectivity index (χ4v) is 1.62. The maximum absolute atomic E-state index is 4.07. The number of unbranched alkanes of at least 4 members (excludes halogenated alkanes) is 6. The lowest BCUT2D eigenvalue weighted by atomic mass is 10.1. The van der Waals surface area contributed by atoms with Gasteiger partial charge < -0.3 is 0 Å². The zero-order chi connectivity index (χ0) is 11.4. The van der Waals surface area contributed by atoms with Crippen LogP contribution in [0.3, 0.4) is 0 Å². The van der Waals surface area contributed by atoms with Gasteiger partial charge in [0, 0.05) is 0 Å². The number of allylic oxidation sites excluding steroid dienone is 3. The van der Waals surface area contributed by atoms with E-state index in [1.165, 1.54) is 63.4 Å². The Bertz CT molecular complexity index is 165. The summed E-state index contributed by atoms with van der Waals surface area (Å²) in [5, 5.41) is 0. The SMILES string of the molecule is C=C(/C=C/CCCCCC)CCCCC. The number of hydrogen-bond acceptors (Lipinski definition) is 0. The first-order valence-corrected chi connectivity index (χ1v) is 6.65. The zero-order valence-electron chi connectivity index (χ0n) is 10.7. The summed E-state index contributed by atoms with van der Waals surface area (Å²) in [7, 11) is 0. The molecule has 0 aromatic heterocycles. The second kappa shape index (κ2) is 11.6. The highest BCUT2D eigenvalue weighted by atomic mass is 14.0. The molecule has 0 rings (SSSR count). The van der Waals surface area contributed by atoms with Gasteiger partial charge in [-0.25, -0.2) is 0 Å². The largest absolute Gasteiger partial charge is 0.0958 e. The van der Waals surface area contributed by atoms with Gasteiger partial charge in [0.1, 0.15) is 0 Å². The first-order valence-electron chi connectivity index (χ1n) is 6.65. The molecule has 0 saturated heterocycles. The quantitative estimate of drug-likeness (QED) is 0.321. The third kappa shape index (κ3) is 11.4. The average Bonchev–Trinajstić information content (AvgIpc) is 2.23. The predicted octanol–water partition coefficient (Wildman–Crippen LogP) is 5.65. The van der Waals surface area contributed by atoms with Crippen LogP contribution in [0.2, 0.25) is 0 Å². The van der Waals surface area contributed by atoms with Gasteiger partial charge in [0.15, 0.2) is 0 Å². The van der Waals surface area contributed by atoms with Crippen LogP contribution < -0.4 is 0 Å². The Morgan fingerprint density at radius 2 is 1.60 bits per heavy atom. The Morgan fingerprint density at radius 3 is 2.27 bits per heavy atom. The van der Waals surface area contributed by atoms with Gasteiger partial charge in [-0.15, -0.1) is 0 Å². The van der Waals surface area contributed by atoms with E-state index < -0.39 is 0 Å². The highest BCUT2D eigenvalue weighted by Crippen LogP contribution is 2.09. The molecule has 0 aliphatic heterocycles. The molecule has 0 unspecified atom stereocenters. The first-order chi connectivity index (χ1) is 7.31. The van der Waals surface area contributed by atoms with Gasteiger partial charge in [-0.1, -0.05) is 70.3 Å². The lowest BCUT2D eigenvalue weighted by Gasteiger charge is -1.99. The summed E-state index contributed by atoms with van der Waals surface area (Å²) in [4.78, 5) is 0. The van der Waals surface area contributed by atoms with Crippen molar-refractivity contribution in [2.24, 2.45) is 0 Å². The number of hydrogen-bond donors (Lipinski definition) is 0. The van der Waals surface area contributed by atoms with Gasteiger partial charge in [0.25, 0.3) is 0 Å². The van der Waals surface area contributed by atoms with Crippen molar-refractivity contribution in [2.75, 3.05) is 0 Å². The third-order valence-electron chi connectivity index (χ3n) is 2.68. The molecule has 0 spiro atoms. The molecule has 0 heterocycles. The van der Waals surface area contributed by atoms with Gasteiger partial charge in [0.05, 0.1) is 0 Å². The summed E-state index contributed by atoms with van der Waals surface area (Å²) in [5.74, 6) is 0. The van der Waals surface area contributed by atoms with Crippen molar-refractivity contribution in [3.63, 3.8) is 0 Å². The van der Waals surface area contributed by atoms with Crippen LogP contribution in [0.4, 0.5) is 0 Å². The fourth-order valence-electron chi connectivity index (χ4n) is 1.62. The smallest absolute Gasteiger partial charge is 0.0285 e. The Labute approximate surface area is 96.5 Å². The first kappa shape index (κ1) is 14.5. The van der Waals surface area contributed by atoms with E-state index in [0.29, 0.717) is 0 Å². The fraction of sp³-hybridized carbons (Fsp3) is 0.733. The van der Waals surface area contributed by atoms with Crippen LogP contribution in [0.1, 0.15) is 71.6 Å². The molecule has 0 nitrogen and oxygen atoms in total. The van der Waals surface area contributed by atoms with E-state index in [-0.39, 0.29) is 0 Å². The molecule has 15 heavy (non-hydrogen) atoms. The highest BCUT2D eigenvalue weighted by molar-refractivity contribution is 5.13. The average molecular weight is 208 g/mol. The van der Waals surface area contributed by atoms with E-state index in [4.69, 9.17) is 0 Å². The topological polar surface area (TPSA) is 0 Å². The minimum absolute atomic E-state index is 1.18. The van der Waals surface area contributed by atoms with Crippen LogP contribution in [0.15, 0.2) is 24.3 Å². The summed E-state index contributed by atoms with van der Waals surface area (Å²) in [5.41, 5.74) is 1.30. The third-order valence-corrected chi connectivity index (χ3v) is 2.68. The minimum atomic E-state index is 1.18. The van der Waals surface area contributed by atoms with E-state index in [1.807, 2.05) is 0 Å². The zero-order valence-corrected chi connectivity index (χ0v) is 10.7. The molecular formula is C15H28. The van der Waals surface area contributed by atoms with Crippen LogP contribution in [-0.4, -0.2) is 0 Å². The molecule has 0 heteroatoms. The van der Waals surface area contributed by atoms with Crippen molar-refractivity contribution in [1.82, 2.24) is 0 Å². The van der Waals surface area contributed by atoms with Crippen molar-refractivity contribution in [3.8, 4) is 0 Å². The molecule has 0 aromatic rings. The molecule has 0 aliphatic rings. The van der Waals surface area contributed by atoms with Crippen molar-refractivity contribution in [1.29, 1.82) is 0 Å². The van der Waals surface area contributed by atoms with E-state index in [9.17, 15) is 0 Å². The molecule has 0 saturated carbocycles. The molecule has 0 fully saturated rings. The predicted molar refractivity (Wildman–Crippen MR) is 71.2 cm³/mol. The second-order valence-corrected chi connectivity index (χ2v) is 4.37. The van der Waals surface area contributed by atoms with Crippen molar-refractivity contribution in [2.45, 2.75) is 71.6 Å². The van der Waals surface area contributed by atoms with Gasteiger partial charge in [-0.2, -0.15) is 0 Å². The summed E-state index contributed by atoms with van der Waals surface area (Å²) in [6, 6.07) is 0. The summed E-state index contributed by atoms with van der Waals surface area (Å²) in [6.07, 6.45) is 16.3. The molecule has 88 valence electrons. The summed E-state index contributed by atoms with van der Waals surface area (Å²) >= 11 is 0. The van der Waals surface area contributed by atoms with Gasteiger partial charge >= 0.3 is 0 Å². The second-order valence-electron chi connectivity index (χ2n) is 4.37. The maximum atomic E-state index is 4.07. The van der Waals surface area contributed by atoms with Crippen LogP contribution >= 0.6 is 0 Å². The van der Waals surface area contributed by atoms with Crippen LogP contribution in [0, 0.1) is 0 Å². The van der Waals surface area contributed by atoms with Crippen LogP contribution in [0.5, 0.6) is 0 Å². The summed E-state index contributed by atoms with van der Waals surface area (Å²) in [6.45, 7) is 8.57. The van der Waals surface area contributed by atoms with E-state index >= 15 is 0 Å². The van der Waals surface area contributed by atoms with Crippen LogP contribution in [-0.2, 0) is 0 Å². The van der Waals surface area contributed by atoms with E-state index in [1.54, 1.807) is 0 Å². The molecule has 0 atom stereocenters. The van der Waals surface area contributed by atoms with Crippen molar-refractivity contribution >= 4 is 0 Å². The Morgan fingerprint density at radius 1 is 0.933 bits per heavy atom. The molecule has 0 aromatic carbocycles. The molecule has 0 N–H and O–H groups in total. The standard InChI is InChI=1S/C15H28/c1-4-6-8-9-10-12-14-15(3)13-11-7-5-2/h12,14H,3-11,13H2,1-2H3/b14-12+. The molecule has 0 bridgehead atoms. The Kier molecular flexibility index (Phi) is 11.2. The normalized spacial score (nSPS) is 11.1. The van der Waals surface area contributed by atoms with E-state index in [2.05, 4.69) is 32.6 Å². The monoisotopic (exact) mass is 208 g/mol. The lowest BCUT2D eigenvalue weighted by Crippen LogP contribution is -1.79. The van der Waals surface area contributed by atoms with Crippen molar-refractivity contribution < 1.29 is 0 Å². The minimum Gasteiger partial charge on any atom is -0.0958 e. The Hall–Kier alpha value is -0.520. The number of rotatable bonds is 10. The Balaban J connectivity index is 3.30. The van der Waals surface area contributed by atoms with Crippen LogP contribution in [0.25, 0.3) is 0 Å². The van der Waals surface area contributed by atoms with E-state index in [0.717, 1.165) is 0 Å². The lowest BCUT2D eigenvalue weighted by molar-refractivity contribution is 0.674. The highest BCUT2D eigenvalue weighted by Gasteiger charge is 1.89. The maximum Gasteiger partial charge on any atom is -0.0285 e. The summed E-state index contributed by atoms with van der Waals surface area (Å²) < 4.78 is 0. The van der Waals surface area contributed by atoms with Crippen molar-refractivity contribution in [3.05, 3.63) is 24.3 Å². The van der Waals surface area contributed by atoms with Gasteiger partial charge in [-0.05, 0) is 25.7 Å². The molecular weight excluding hydrogens is 180 g/mol. The van der Waals surface area contributed by atoms with Gasteiger partial charge in [0.2, 0.25) is 0 Å². The molecule has 0 radical (unpaired) electrons.